The Labute approximate surface area is 157 Å². The van der Waals surface area contributed by atoms with Gasteiger partial charge in [-0.15, -0.1) is 0 Å². The second-order valence-corrected chi connectivity index (χ2v) is 7.53. The normalized spacial score (nSPS) is 21.7. The predicted octanol–water partition coefficient (Wildman–Crippen LogP) is 3.01. The Balaban J connectivity index is 1.43. The molecular weight excluding hydrogens is 350 g/mol. The number of pyridine rings is 1. The molecule has 4 rings (SSSR count). The molecule has 0 aliphatic carbocycles. The number of hydrogen-bond donors (Lipinski definition) is 1. The molecule has 2 aliphatic heterocycles. The Morgan fingerprint density at radius 2 is 1.88 bits per heavy atom. The van der Waals surface area contributed by atoms with E-state index in [1.54, 1.807) is 12.1 Å². The van der Waals surface area contributed by atoms with E-state index < -0.39 is 0 Å². The first-order valence-electron chi connectivity index (χ1n) is 8.84. The summed E-state index contributed by atoms with van der Waals surface area (Å²) in [6, 6.07) is 13.2. The number of rotatable bonds is 2. The SMILES string of the molecule is O=C1NC2(CCN(C(=O)c3ccc(Cl)cn3)CC2)CC1c1ccccc1. The van der Waals surface area contributed by atoms with Crippen molar-refractivity contribution in [3.8, 4) is 0 Å². The first-order valence-corrected chi connectivity index (χ1v) is 9.22. The van der Waals surface area contributed by atoms with Gasteiger partial charge in [0.1, 0.15) is 5.69 Å². The molecule has 1 atom stereocenters. The summed E-state index contributed by atoms with van der Waals surface area (Å²) >= 11 is 5.83. The van der Waals surface area contributed by atoms with E-state index in [1.165, 1.54) is 6.20 Å². The highest BCUT2D eigenvalue weighted by Crippen LogP contribution is 2.39. The summed E-state index contributed by atoms with van der Waals surface area (Å²) in [7, 11) is 0. The van der Waals surface area contributed by atoms with Crippen LogP contribution in [0.5, 0.6) is 0 Å². The lowest BCUT2D eigenvalue weighted by molar-refractivity contribution is -0.121. The van der Waals surface area contributed by atoms with Crippen LogP contribution in [0.3, 0.4) is 0 Å². The van der Waals surface area contributed by atoms with Gasteiger partial charge >= 0.3 is 0 Å². The molecule has 0 saturated carbocycles. The van der Waals surface area contributed by atoms with Gasteiger partial charge in [-0.25, -0.2) is 4.98 Å². The van der Waals surface area contributed by atoms with Gasteiger partial charge in [-0.1, -0.05) is 41.9 Å². The minimum Gasteiger partial charge on any atom is -0.350 e. The molecule has 1 N–H and O–H groups in total. The molecule has 2 saturated heterocycles. The monoisotopic (exact) mass is 369 g/mol. The summed E-state index contributed by atoms with van der Waals surface area (Å²) in [6.45, 7) is 1.23. The van der Waals surface area contributed by atoms with Crippen LogP contribution in [0.1, 0.15) is 41.2 Å². The molecule has 5 nitrogen and oxygen atoms in total. The number of amides is 2. The Hall–Kier alpha value is -2.40. The zero-order chi connectivity index (χ0) is 18.1. The number of nitrogens with zero attached hydrogens (tertiary/aromatic N) is 2. The molecule has 2 aliphatic rings. The molecule has 3 heterocycles. The van der Waals surface area contributed by atoms with E-state index in [9.17, 15) is 9.59 Å². The van der Waals surface area contributed by atoms with Crippen LogP contribution in [-0.4, -0.2) is 40.3 Å². The van der Waals surface area contributed by atoms with Crippen LogP contribution in [0, 0.1) is 0 Å². The van der Waals surface area contributed by atoms with Crippen molar-refractivity contribution in [3.63, 3.8) is 0 Å². The van der Waals surface area contributed by atoms with Crippen molar-refractivity contribution in [2.45, 2.75) is 30.7 Å². The van der Waals surface area contributed by atoms with E-state index in [0.29, 0.717) is 23.8 Å². The lowest BCUT2D eigenvalue weighted by atomic mass is 9.82. The predicted molar refractivity (Wildman–Crippen MR) is 99.1 cm³/mol. The number of piperidine rings is 1. The number of aromatic nitrogens is 1. The van der Waals surface area contributed by atoms with Gasteiger partial charge in [0.05, 0.1) is 10.9 Å². The molecule has 2 fully saturated rings. The standard InChI is InChI=1S/C20H20ClN3O2/c21-15-6-7-17(22-13-15)19(26)24-10-8-20(9-11-24)12-16(18(25)23-20)14-4-2-1-3-5-14/h1-7,13,16H,8-12H2,(H,23,25). The second-order valence-electron chi connectivity index (χ2n) is 7.09. The van der Waals surface area contributed by atoms with E-state index in [0.717, 1.165) is 24.8 Å². The Morgan fingerprint density at radius 3 is 2.54 bits per heavy atom. The molecule has 1 unspecified atom stereocenters. The average Bonchev–Trinajstić information content (AvgIpc) is 2.99. The molecule has 0 bridgehead atoms. The molecule has 26 heavy (non-hydrogen) atoms. The van der Waals surface area contributed by atoms with Gasteiger partial charge < -0.3 is 10.2 Å². The van der Waals surface area contributed by atoms with Crippen molar-refractivity contribution in [1.82, 2.24) is 15.2 Å². The quantitative estimate of drug-likeness (QED) is 0.885. The highest BCUT2D eigenvalue weighted by Gasteiger charge is 2.46. The Kier molecular flexibility index (Phi) is 4.41. The van der Waals surface area contributed by atoms with Crippen LogP contribution in [0.2, 0.25) is 5.02 Å². The van der Waals surface area contributed by atoms with Crippen molar-refractivity contribution in [3.05, 3.63) is 64.9 Å². The van der Waals surface area contributed by atoms with Crippen molar-refractivity contribution in [2.75, 3.05) is 13.1 Å². The number of halogens is 1. The van der Waals surface area contributed by atoms with Crippen molar-refractivity contribution in [2.24, 2.45) is 0 Å². The lowest BCUT2D eigenvalue weighted by Crippen LogP contribution is -2.52. The number of carbonyl (C=O) groups excluding carboxylic acids is 2. The molecule has 0 radical (unpaired) electrons. The molecule has 1 aromatic carbocycles. The summed E-state index contributed by atoms with van der Waals surface area (Å²) in [4.78, 5) is 31.0. The summed E-state index contributed by atoms with van der Waals surface area (Å²) in [5.41, 5.74) is 1.26. The molecular formula is C20H20ClN3O2. The van der Waals surface area contributed by atoms with E-state index in [-0.39, 0.29) is 23.3 Å². The molecule has 134 valence electrons. The van der Waals surface area contributed by atoms with E-state index in [1.807, 2.05) is 35.2 Å². The maximum atomic E-state index is 12.6. The average molecular weight is 370 g/mol. The number of nitrogens with one attached hydrogen (secondary N) is 1. The first-order chi connectivity index (χ1) is 12.6. The van der Waals surface area contributed by atoms with Crippen molar-refractivity contribution >= 4 is 23.4 Å². The van der Waals surface area contributed by atoms with Crippen LogP contribution in [0.4, 0.5) is 0 Å². The smallest absolute Gasteiger partial charge is 0.272 e. The van der Waals surface area contributed by atoms with E-state index >= 15 is 0 Å². The number of carbonyl (C=O) groups is 2. The zero-order valence-electron chi connectivity index (χ0n) is 14.3. The summed E-state index contributed by atoms with van der Waals surface area (Å²) in [5.74, 6) is -0.0906. The van der Waals surface area contributed by atoms with Crippen LogP contribution in [-0.2, 0) is 4.79 Å². The maximum absolute atomic E-state index is 12.6. The molecule has 1 aromatic heterocycles. The fourth-order valence-corrected chi connectivity index (χ4v) is 4.08. The maximum Gasteiger partial charge on any atom is 0.272 e. The van der Waals surface area contributed by atoms with E-state index in [4.69, 9.17) is 11.6 Å². The van der Waals surface area contributed by atoms with Gasteiger partial charge in [0.25, 0.3) is 5.91 Å². The number of hydrogen-bond acceptors (Lipinski definition) is 3. The third-order valence-corrected chi connectivity index (χ3v) is 5.68. The molecule has 6 heteroatoms. The number of likely N-dealkylation sites (tertiary alicyclic amines) is 1. The molecule has 2 aromatic rings. The van der Waals surface area contributed by atoms with Crippen molar-refractivity contribution < 1.29 is 9.59 Å². The van der Waals surface area contributed by atoms with Gasteiger partial charge in [0.15, 0.2) is 0 Å². The summed E-state index contributed by atoms with van der Waals surface area (Å²) in [6.07, 6.45) is 3.81. The van der Waals surface area contributed by atoms with Gasteiger partial charge in [-0.2, -0.15) is 0 Å². The molecule has 2 amide bonds. The minimum absolute atomic E-state index is 0.0829. The van der Waals surface area contributed by atoms with Crippen LogP contribution in [0.25, 0.3) is 0 Å². The summed E-state index contributed by atoms with van der Waals surface area (Å²) < 4.78 is 0. The highest BCUT2D eigenvalue weighted by atomic mass is 35.5. The van der Waals surface area contributed by atoms with Crippen LogP contribution < -0.4 is 5.32 Å². The van der Waals surface area contributed by atoms with Gasteiger partial charge in [0.2, 0.25) is 5.91 Å². The highest BCUT2D eigenvalue weighted by molar-refractivity contribution is 6.30. The fraction of sp³-hybridized carbons (Fsp3) is 0.350. The lowest BCUT2D eigenvalue weighted by Gasteiger charge is -2.39. The zero-order valence-corrected chi connectivity index (χ0v) is 15.1. The third kappa shape index (κ3) is 3.19. The number of benzene rings is 1. The second kappa shape index (κ2) is 6.72. The largest absolute Gasteiger partial charge is 0.350 e. The van der Waals surface area contributed by atoms with Crippen molar-refractivity contribution in [1.29, 1.82) is 0 Å². The van der Waals surface area contributed by atoms with Crippen LogP contribution in [0.15, 0.2) is 48.7 Å². The van der Waals surface area contributed by atoms with Gasteiger partial charge in [0, 0.05) is 24.8 Å². The Bertz CT molecular complexity index is 815. The first kappa shape index (κ1) is 17.0. The van der Waals surface area contributed by atoms with E-state index in [2.05, 4.69) is 10.3 Å². The van der Waals surface area contributed by atoms with Crippen LogP contribution >= 0.6 is 11.6 Å². The minimum atomic E-state index is -0.207. The van der Waals surface area contributed by atoms with Gasteiger partial charge in [-0.3, -0.25) is 9.59 Å². The topological polar surface area (TPSA) is 62.3 Å². The fourth-order valence-electron chi connectivity index (χ4n) is 3.97. The molecule has 1 spiro atoms. The Morgan fingerprint density at radius 1 is 1.15 bits per heavy atom. The van der Waals surface area contributed by atoms with Gasteiger partial charge in [-0.05, 0) is 37.0 Å². The summed E-state index contributed by atoms with van der Waals surface area (Å²) in [5, 5.41) is 3.73. The third-order valence-electron chi connectivity index (χ3n) is 5.46.